The lowest BCUT2D eigenvalue weighted by atomic mass is 9.94. The Morgan fingerprint density at radius 2 is 2.05 bits per heavy atom. The summed E-state index contributed by atoms with van der Waals surface area (Å²) < 4.78 is 0. The van der Waals surface area contributed by atoms with Crippen molar-refractivity contribution in [3.63, 3.8) is 0 Å². The highest BCUT2D eigenvalue weighted by Crippen LogP contribution is 2.19. The molecule has 1 heterocycles. The van der Waals surface area contributed by atoms with Gasteiger partial charge >= 0.3 is 0 Å². The molecule has 1 aromatic carbocycles. The van der Waals surface area contributed by atoms with Crippen molar-refractivity contribution in [1.29, 1.82) is 0 Å². The van der Waals surface area contributed by atoms with E-state index in [0.29, 0.717) is 18.9 Å². The number of primary amides is 1. The van der Waals surface area contributed by atoms with Gasteiger partial charge in [-0.25, -0.2) is 0 Å². The molecule has 1 fully saturated rings. The maximum absolute atomic E-state index is 12.4. The van der Waals surface area contributed by atoms with Gasteiger partial charge in [-0.15, -0.1) is 0 Å². The summed E-state index contributed by atoms with van der Waals surface area (Å²) in [6, 6.07) is 10.3. The second-order valence-corrected chi connectivity index (χ2v) is 6.41. The van der Waals surface area contributed by atoms with Crippen LogP contribution in [0.1, 0.15) is 38.2 Å². The second kappa shape index (κ2) is 7.97. The van der Waals surface area contributed by atoms with Gasteiger partial charge < -0.3 is 10.6 Å². The van der Waals surface area contributed by atoms with E-state index >= 15 is 0 Å². The molecule has 0 bridgehead atoms. The number of nitrogens with two attached hydrogens (primary N) is 1. The number of benzene rings is 1. The number of carbonyl (C=O) groups excluding carboxylic acids is 2. The van der Waals surface area contributed by atoms with E-state index in [0.717, 1.165) is 32.2 Å². The highest BCUT2D eigenvalue weighted by Gasteiger charge is 2.27. The Morgan fingerprint density at radius 3 is 2.73 bits per heavy atom. The first-order valence-electron chi connectivity index (χ1n) is 8.17. The smallest absolute Gasteiger partial charge is 0.222 e. The number of piperidine rings is 1. The highest BCUT2D eigenvalue weighted by atomic mass is 16.2. The molecule has 0 spiro atoms. The first-order valence-corrected chi connectivity index (χ1v) is 8.17. The van der Waals surface area contributed by atoms with E-state index in [9.17, 15) is 9.59 Å². The summed E-state index contributed by atoms with van der Waals surface area (Å²) in [6.45, 7) is 3.38. The Hall–Kier alpha value is -1.84. The Morgan fingerprint density at radius 1 is 1.32 bits per heavy atom. The predicted molar refractivity (Wildman–Crippen MR) is 87.0 cm³/mol. The number of amides is 2. The summed E-state index contributed by atoms with van der Waals surface area (Å²) in [6.07, 6.45) is 4.24. The van der Waals surface area contributed by atoms with Gasteiger partial charge in [0, 0.05) is 19.5 Å². The van der Waals surface area contributed by atoms with Crippen LogP contribution in [0.15, 0.2) is 30.3 Å². The molecular weight excluding hydrogens is 276 g/mol. The van der Waals surface area contributed by atoms with Crippen LogP contribution in [0.2, 0.25) is 0 Å². The monoisotopic (exact) mass is 302 g/mol. The molecule has 2 amide bonds. The number of rotatable bonds is 6. The molecule has 1 aliphatic heterocycles. The van der Waals surface area contributed by atoms with Crippen molar-refractivity contribution in [2.45, 2.75) is 39.0 Å². The molecule has 4 heteroatoms. The van der Waals surface area contributed by atoms with Crippen LogP contribution in [0.4, 0.5) is 0 Å². The number of hydrogen-bond donors (Lipinski definition) is 1. The summed E-state index contributed by atoms with van der Waals surface area (Å²) in [5.74, 6) is 0.0557. The predicted octanol–water partition coefficient (Wildman–Crippen LogP) is 2.37. The first-order chi connectivity index (χ1) is 10.6. The van der Waals surface area contributed by atoms with Crippen molar-refractivity contribution in [3.8, 4) is 0 Å². The summed E-state index contributed by atoms with van der Waals surface area (Å²) in [5, 5.41) is 0. The highest BCUT2D eigenvalue weighted by molar-refractivity contribution is 5.80. The standard InChI is InChI=1S/C18H26N2O2/c1-14(9-10-15-6-3-2-4-7-15)12-17(21)20-11-5-8-16(13-20)18(19)22/h2-4,6-7,14,16H,5,8-13H2,1H3,(H2,19,22)/t14-,16-/m1/s1. The molecule has 22 heavy (non-hydrogen) atoms. The molecule has 2 N–H and O–H groups in total. The zero-order valence-electron chi connectivity index (χ0n) is 13.3. The molecule has 0 saturated carbocycles. The molecule has 2 rings (SSSR count). The van der Waals surface area contributed by atoms with Crippen molar-refractivity contribution in [2.24, 2.45) is 17.6 Å². The van der Waals surface area contributed by atoms with Crippen molar-refractivity contribution in [3.05, 3.63) is 35.9 Å². The third-order valence-electron chi connectivity index (χ3n) is 4.47. The largest absolute Gasteiger partial charge is 0.369 e. The Bertz CT molecular complexity index is 501. The lowest BCUT2D eigenvalue weighted by Gasteiger charge is -2.32. The number of hydrogen-bond acceptors (Lipinski definition) is 2. The molecule has 1 aromatic rings. The van der Waals surface area contributed by atoms with Crippen LogP contribution in [0.5, 0.6) is 0 Å². The van der Waals surface area contributed by atoms with Crippen molar-refractivity contribution in [2.75, 3.05) is 13.1 Å². The van der Waals surface area contributed by atoms with E-state index in [2.05, 4.69) is 19.1 Å². The maximum atomic E-state index is 12.4. The van der Waals surface area contributed by atoms with E-state index in [1.807, 2.05) is 23.1 Å². The molecule has 2 atom stereocenters. The Labute approximate surface area is 132 Å². The minimum atomic E-state index is -0.283. The van der Waals surface area contributed by atoms with Gasteiger partial charge in [0.2, 0.25) is 11.8 Å². The average molecular weight is 302 g/mol. The Kier molecular flexibility index (Phi) is 5.99. The average Bonchev–Trinajstić information content (AvgIpc) is 2.54. The topological polar surface area (TPSA) is 63.4 Å². The summed E-state index contributed by atoms with van der Waals surface area (Å²) in [7, 11) is 0. The van der Waals surface area contributed by atoms with Gasteiger partial charge in [-0.2, -0.15) is 0 Å². The number of likely N-dealkylation sites (tertiary alicyclic amines) is 1. The van der Waals surface area contributed by atoms with E-state index in [4.69, 9.17) is 5.73 Å². The molecule has 0 aliphatic carbocycles. The fourth-order valence-corrected chi connectivity index (χ4v) is 3.02. The van der Waals surface area contributed by atoms with Gasteiger partial charge in [-0.05, 0) is 37.2 Å². The third kappa shape index (κ3) is 4.86. The molecular formula is C18H26N2O2. The van der Waals surface area contributed by atoms with Crippen LogP contribution in [0.3, 0.4) is 0 Å². The van der Waals surface area contributed by atoms with Gasteiger partial charge in [0.25, 0.3) is 0 Å². The van der Waals surface area contributed by atoms with Crippen LogP contribution in [0, 0.1) is 11.8 Å². The lowest BCUT2D eigenvalue weighted by Crippen LogP contribution is -2.44. The zero-order chi connectivity index (χ0) is 15.9. The van der Waals surface area contributed by atoms with Gasteiger partial charge in [-0.3, -0.25) is 9.59 Å². The van der Waals surface area contributed by atoms with Gasteiger partial charge in [0.1, 0.15) is 0 Å². The van der Waals surface area contributed by atoms with Gasteiger partial charge in [0.15, 0.2) is 0 Å². The van der Waals surface area contributed by atoms with Crippen LogP contribution >= 0.6 is 0 Å². The summed E-state index contributed by atoms with van der Waals surface area (Å²) in [4.78, 5) is 25.5. The van der Waals surface area contributed by atoms with E-state index in [1.54, 1.807) is 0 Å². The first kappa shape index (κ1) is 16.5. The van der Waals surface area contributed by atoms with Gasteiger partial charge in [-0.1, -0.05) is 37.3 Å². The summed E-state index contributed by atoms with van der Waals surface area (Å²) in [5.41, 5.74) is 6.68. The second-order valence-electron chi connectivity index (χ2n) is 6.41. The molecule has 1 aliphatic rings. The maximum Gasteiger partial charge on any atom is 0.222 e. The SMILES string of the molecule is C[C@H](CCc1ccccc1)CC(=O)N1CCC[C@@H](C(N)=O)C1. The quantitative estimate of drug-likeness (QED) is 0.877. The van der Waals surface area contributed by atoms with E-state index < -0.39 is 0 Å². The van der Waals surface area contributed by atoms with Crippen molar-refractivity contribution in [1.82, 2.24) is 4.90 Å². The van der Waals surface area contributed by atoms with Crippen LogP contribution in [0.25, 0.3) is 0 Å². The van der Waals surface area contributed by atoms with Crippen LogP contribution in [-0.2, 0) is 16.0 Å². The van der Waals surface area contributed by atoms with E-state index in [1.165, 1.54) is 5.56 Å². The van der Waals surface area contributed by atoms with Crippen molar-refractivity contribution >= 4 is 11.8 Å². The fourth-order valence-electron chi connectivity index (χ4n) is 3.02. The minimum Gasteiger partial charge on any atom is -0.369 e. The van der Waals surface area contributed by atoms with Crippen LogP contribution < -0.4 is 5.73 Å². The number of carbonyl (C=O) groups is 2. The molecule has 1 saturated heterocycles. The Balaban J connectivity index is 1.77. The third-order valence-corrected chi connectivity index (χ3v) is 4.47. The van der Waals surface area contributed by atoms with Gasteiger partial charge in [0.05, 0.1) is 5.92 Å². The normalized spacial score (nSPS) is 19.7. The summed E-state index contributed by atoms with van der Waals surface area (Å²) >= 11 is 0. The zero-order valence-corrected chi connectivity index (χ0v) is 13.3. The molecule has 4 nitrogen and oxygen atoms in total. The number of aryl methyl sites for hydroxylation is 1. The fraction of sp³-hybridized carbons (Fsp3) is 0.556. The molecule has 120 valence electrons. The lowest BCUT2D eigenvalue weighted by molar-refractivity contribution is -0.135. The molecule has 0 aromatic heterocycles. The van der Waals surface area contributed by atoms with Crippen LogP contribution in [-0.4, -0.2) is 29.8 Å². The molecule has 0 radical (unpaired) electrons. The van der Waals surface area contributed by atoms with E-state index in [-0.39, 0.29) is 17.7 Å². The van der Waals surface area contributed by atoms with Crippen molar-refractivity contribution < 1.29 is 9.59 Å². The molecule has 0 unspecified atom stereocenters. The minimum absolute atomic E-state index is 0.159. The number of nitrogens with zero attached hydrogens (tertiary/aromatic N) is 1.